The molecule has 0 bridgehead atoms. The molecule has 0 fully saturated rings. The lowest BCUT2D eigenvalue weighted by molar-refractivity contribution is 0.327. The zero-order chi connectivity index (χ0) is 16.2. The minimum absolute atomic E-state index is 0.349. The Morgan fingerprint density at radius 1 is 1.04 bits per heavy atom. The molecule has 0 aliphatic rings. The van der Waals surface area contributed by atoms with Crippen LogP contribution < -0.4 is 4.74 Å². The SMILES string of the molecule is CCOc1nc2nc(CC)ccc2c(-c2ccccc2)c1C#N. The van der Waals surface area contributed by atoms with Crippen LogP contribution in [0, 0.1) is 11.3 Å². The third kappa shape index (κ3) is 2.74. The average molecular weight is 303 g/mol. The van der Waals surface area contributed by atoms with E-state index in [0.717, 1.165) is 28.6 Å². The molecule has 0 saturated heterocycles. The molecule has 3 aromatic rings. The van der Waals surface area contributed by atoms with E-state index < -0.39 is 0 Å². The number of aryl methyl sites for hydroxylation is 1. The average Bonchev–Trinajstić information content (AvgIpc) is 2.61. The van der Waals surface area contributed by atoms with Crippen molar-refractivity contribution in [2.24, 2.45) is 0 Å². The summed E-state index contributed by atoms with van der Waals surface area (Å²) in [6.07, 6.45) is 0.836. The molecule has 0 aliphatic carbocycles. The third-order valence-corrected chi connectivity index (χ3v) is 3.69. The van der Waals surface area contributed by atoms with Gasteiger partial charge in [-0.05, 0) is 31.0 Å². The fourth-order valence-electron chi connectivity index (χ4n) is 2.61. The molecular formula is C19H17N3O. The van der Waals surface area contributed by atoms with Crippen LogP contribution in [0.15, 0.2) is 42.5 Å². The van der Waals surface area contributed by atoms with E-state index in [1.807, 2.05) is 49.4 Å². The molecule has 2 aromatic heterocycles. The summed E-state index contributed by atoms with van der Waals surface area (Å²) in [6, 6.07) is 16.1. The Labute approximate surface area is 135 Å². The summed E-state index contributed by atoms with van der Waals surface area (Å²) in [4.78, 5) is 9.07. The number of rotatable bonds is 4. The monoisotopic (exact) mass is 303 g/mol. The summed E-state index contributed by atoms with van der Waals surface area (Å²) >= 11 is 0. The molecule has 23 heavy (non-hydrogen) atoms. The number of pyridine rings is 2. The Kier molecular flexibility index (Phi) is 4.20. The van der Waals surface area contributed by atoms with E-state index in [9.17, 15) is 5.26 Å². The van der Waals surface area contributed by atoms with Crippen molar-refractivity contribution >= 4 is 11.0 Å². The predicted molar refractivity (Wildman–Crippen MR) is 90.2 cm³/mol. The van der Waals surface area contributed by atoms with Crippen molar-refractivity contribution in [3.63, 3.8) is 0 Å². The van der Waals surface area contributed by atoms with Crippen molar-refractivity contribution in [2.45, 2.75) is 20.3 Å². The number of ether oxygens (including phenoxy) is 1. The van der Waals surface area contributed by atoms with Crippen molar-refractivity contribution in [1.82, 2.24) is 9.97 Å². The first-order valence-electron chi connectivity index (χ1n) is 7.70. The van der Waals surface area contributed by atoms with Crippen LogP contribution in [-0.2, 0) is 6.42 Å². The van der Waals surface area contributed by atoms with Gasteiger partial charge in [0.2, 0.25) is 5.88 Å². The van der Waals surface area contributed by atoms with Gasteiger partial charge in [-0.1, -0.05) is 37.3 Å². The number of hydrogen-bond acceptors (Lipinski definition) is 4. The minimum atomic E-state index is 0.349. The van der Waals surface area contributed by atoms with Crippen LogP contribution in [0.4, 0.5) is 0 Å². The lowest BCUT2D eigenvalue weighted by Gasteiger charge is -2.13. The molecule has 0 unspecified atom stereocenters. The molecule has 0 saturated carbocycles. The predicted octanol–water partition coefficient (Wildman–Crippen LogP) is 4.13. The summed E-state index contributed by atoms with van der Waals surface area (Å²) in [6.45, 7) is 4.39. The minimum Gasteiger partial charge on any atom is -0.477 e. The van der Waals surface area contributed by atoms with Crippen molar-refractivity contribution in [2.75, 3.05) is 6.61 Å². The Morgan fingerprint density at radius 3 is 2.48 bits per heavy atom. The molecule has 4 nitrogen and oxygen atoms in total. The molecule has 1 aromatic carbocycles. The van der Waals surface area contributed by atoms with E-state index in [-0.39, 0.29) is 0 Å². The Hall–Kier alpha value is -2.93. The lowest BCUT2D eigenvalue weighted by Crippen LogP contribution is -2.02. The van der Waals surface area contributed by atoms with Crippen LogP contribution in [0.3, 0.4) is 0 Å². The van der Waals surface area contributed by atoms with Crippen molar-refractivity contribution in [3.05, 3.63) is 53.7 Å². The van der Waals surface area contributed by atoms with E-state index in [0.29, 0.717) is 23.7 Å². The Balaban J connectivity index is 2.40. The fraction of sp³-hybridized carbons (Fsp3) is 0.211. The number of benzene rings is 1. The fourth-order valence-corrected chi connectivity index (χ4v) is 2.61. The van der Waals surface area contributed by atoms with Gasteiger partial charge in [0.05, 0.1) is 6.61 Å². The van der Waals surface area contributed by atoms with Gasteiger partial charge in [-0.25, -0.2) is 4.98 Å². The second-order valence-corrected chi connectivity index (χ2v) is 5.11. The topological polar surface area (TPSA) is 58.8 Å². The molecule has 0 aliphatic heterocycles. The van der Waals surface area contributed by atoms with Crippen LogP contribution in [0.2, 0.25) is 0 Å². The van der Waals surface area contributed by atoms with E-state index >= 15 is 0 Å². The van der Waals surface area contributed by atoms with E-state index in [1.165, 1.54) is 0 Å². The highest BCUT2D eigenvalue weighted by atomic mass is 16.5. The first-order chi connectivity index (χ1) is 11.3. The van der Waals surface area contributed by atoms with Gasteiger partial charge in [-0.2, -0.15) is 10.2 Å². The summed E-state index contributed by atoms with van der Waals surface area (Å²) in [5, 5.41) is 10.5. The Morgan fingerprint density at radius 2 is 1.83 bits per heavy atom. The van der Waals surface area contributed by atoms with Gasteiger partial charge in [-0.15, -0.1) is 0 Å². The third-order valence-electron chi connectivity index (χ3n) is 3.69. The van der Waals surface area contributed by atoms with Gasteiger partial charge in [0, 0.05) is 16.6 Å². The molecule has 4 heteroatoms. The van der Waals surface area contributed by atoms with Crippen LogP contribution in [0.1, 0.15) is 25.1 Å². The molecule has 0 amide bonds. The van der Waals surface area contributed by atoms with Crippen LogP contribution in [0.25, 0.3) is 22.2 Å². The highest BCUT2D eigenvalue weighted by Crippen LogP contribution is 2.35. The van der Waals surface area contributed by atoms with E-state index in [2.05, 4.69) is 23.0 Å². The summed E-state index contributed by atoms with van der Waals surface area (Å²) < 4.78 is 5.60. The van der Waals surface area contributed by atoms with Gasteiger partial charge >= 0.3 is 0 Å². The maximum absolute atomic E-state index is 9.66. The molecule has 0 N–H and O–H groups in total. The number of aromatic nitrogens is 2. The first-order valence-corrected chi connectivity index (χ1v) is 7.70. The first kappa shape index (κ1) is 15.0. The highest BCUT2D eigenvalue weighted by Gasteiger charge is 2.18. The zero-order valence-electron chi connectivity index (χ0n) is 13.2. The molecule has 2 heterocycles. The zero-order valence-corrected chi connectivity index (χ0v) is 13.2. The molecule has 114 valence electrons. The summed E-state index contributed by atoms with van der Waals surface area (Å²) in [5.41, 5.74) is 3.83. The maximum atomic E-state index is 9.66. The number of fused-ring (bicyclic) bond motifs is 1. The van der Waals surface area contributed by atoms with Gasteiger partial charge in [0.1, 0.15) is 11.6 Å². The molecular weight excluding hydrogens is 286 g/mol. The van der Waals surface area contributed by atoms with Gasteiger partial charge in [-0.3, -0.25) is 0 Å². The lowest BCUT2D eigenvalue weighted by atomic mass is 9.97. The second-order valence-electron chi connectivity index (χ2n) is 5.11. The Bertz CT molecular complexity index is 882. The smallest absolute Gasteiger partial charge is 0.234 e. The van der Waals surface area contributed by atoms with Gasteiger partial charge < -0.3 is 4.74 Å². The van der Waals surface area contributed by atoms with Crippen LogP contribution >= 0.6 is 0 Å². The molecule has 0 radical (unpaired) electrons. The van der Waals surface area contributed by atoms with E-state index in [1.54, 1.807) is 0 Å². The maximum Gasteiger partial charge on any atom is 0.234 e. The highest BCUT2D eigenvalue weighted by molar-refractivity contribution is 5.96. The largest absolute Gasteiger partial charge is 0.477 e. The number of hydrogen-bond donors (Lipinski definition) is 0. The summed E-state index contributed by atoms with van der Waals surface area (Å²) in [7, 11) is 0. The van der Waals surface area contributed by atoms with Crippen molar-refractivity contribution in [3.8, 4) is 23.1 Å². The second kappa shape index (κ2) is 6.45. The van der Waals surface area contributed by atoms with Gasteiger partial charge in [0.25, 0.3) is 0 Å². The van der Waals surface area contributed by atoms with Crippen molar-refractivity contribution < 1.29 is 4.74 Å². The standard InChI is InChI=1S/C19H17N3O/c1-3-14-10-11-15-17(13-8-6-5-7-9-13)16(12-20)19(23-4-2)22-18(15)21-14/h5-11H,3-4H2,1-2H3. The van der Waals surface area contributed by atoms with Crippen LogP contribution in [-0.4, -0.2) is 16.6 Å². The van der Waals surface area contributed by atoms with E-state index in [4.69, 9.17) is 4.74 Å². The van der Waals surface area contributed by atoms with Gasteiger partial charge in [0.15, 0.2) is 5.65 Å². The number of nitriles is 1. The summed E-state index contributed by atoms with van der Waals surface area (Å²) in [5.74, 6) is 0.349. The molecule has 0 spiro atoms. The van der Waals surface area contributed by atoms with Crippen LogP contribution in [0.5, 0.6) is 5.88 Å². The molecule has 0 atom stereocenters. The number of nitrogens with zero attached hydrogens (tertiary/aromatic N) is 3. The normalized spacial score (nSPS) is 10.5. The van der Waals surface area contributed by atoms with Crippen molar-refractivity contribution in [1.29, 1.82) is 5.26 Å². The quantitative estimate of drug-likeness (QED) is 0.727. The molecule has 3 rings (SSSR count).